The second-order valence-electron chi connectivity index (χ2n) is 4.75. The van der Waals surface area contributed by atoms with Crippen molar-refractivity contribution in [2.24, 2.45) is 0 Å². The summed E-state index contributed by atoms with van der Waals surface area (Å²) in [4.78, 5) is 6.62. The van der Waals surface area contributed by atoms with Crippen LogP contribution in [-0.4, -0.2) is 41.2 Å². The van der Waals surface area contributed by atoms with Gasteiger partial charge in [-0.1, -0.05) is 28.9 Å². The average molecular weight is 315 g/mol. The van der Waals surface area contributed by atoms with E-state index in [9.17, 15) is 0 Å². The Labute approximate surface area is 128 Å². The Balaban J connectivity index is 0.00000147. The summed E-state index contributed by atoms with van der Waals surface area (Å²) in [6, 6.07) is 8.00. The van der Waals surface area contributed by atoms with Crippen LogP contribution in [-0.2, 0) is 6.54 Å². The highest BCUT2D eigenvalue weighted by atomic mass is 35.5. The van der Waals surface area contributed by atoms with Gasteiger partial charge in [-0.15, -0.1) is 12.4 Å². The van der Waals surface area contributed by atoms with E-state index in [-0.39, 0.29) is 12.4 Å². The highest BCUT2D eigenvalue weighted by Crippen LogP contribution is 2.20. The van der Waals surface area contributed by atoms with E-state index in [0.29, 0.717) is 29.3 Å². The van der Waals surface area contributed by atoms with Crippen LogP contribution in [0, 0.1) is 0 Å². The minimum absolute atomic E-state index is 0. The summed E-state index contributed by atoms with van der Waals surface area (Å²) >= 11 is 5.95. The van der Waals surface area contributed by atoms with Gasteiger partial charge in [0, 0.05) is 29.7 Å². The predicted octanol–water partition coefficient (Wildman–Crippen LogP) is 2.22. The number of nitrogens with zero attached hydrogens (tertiary/aromatic N) is 3. The minimum Gasteiger partial charge on any atom is -0.338 e. The highest BCUT2D eigenvalue weighted by Gasteiger charge is 2.23. The molecule has 2 aromatic rings. The predicted molar refractivity (Wildman–Crippen MR) is 80.1 cm³/mol. The maximum absolute atomic E-state index is 5.95. The summed E-state index contributed by atoms with van der Waals surface area (Å²) in [6.45, 7) is 2.71. The number of likely N-dealkylation sites (N-methyl/N-ethyl adjacent to an activating group) is 1. The van der Waals surface area contributed by atoms with Gasteiger partial charge in [0.1, 0.15) is 0 Å². The first-order valence-electron chi connectivity index (χ1n) is 6.22. The lowest BCUT2D eigenvalue weighted by molar-refractivity contribution is 0.155. The van der Waals surface area contributed by atoms with Gasteiger partial charge in [0.25, 0.3) is 0 Å². The second kappa shape index (κ2) is 6.54. The molecule has 0 aliphatic carbocycles. The molecule has 1 aliphatic rings. The van der Waals surface area contributed by atoms with Crippen LogP contribution in [0.1, 0.15) is 5.89 Å². The Morgan fingerprint density at radius 2 is 2.25 bits per heavy atom. The smallest absolute Gasteiger partial charge is 0.241 e. The van der Waals surface area contributed by atoms with Crippen molar-refractivity contribution in [1.82, 2.24) is 20.4 Å². The van der Waals surface area contributed by atoms with Gasteiger partial charge in [-0.05, 0) is 19.2 Å². The molecule has 1 aromatic heterocycles. The van der Waals surface area contributed by atoms with Crippen molar-refractivity contribution in [2.75, 3.05) is 20.1 Å². The molecule has 1 aromatic carbocycles. The van der Waals surface area contributed by atoms with Crippen LogP contribution in [0.5, 0.6) is 0 Å². The van der Waals surface area contributed by atoms with Gasteiger partial charge in [-0.3, -0.25) is 4.90 Å². The van der Waals surface area contributed by atoms with Crippen molar-refractivity contribution in [3.05, 3.63) is 35.2 Å². The van der Waals surface area contributed by atoms with Crippen LogP contribution in [0.15, 0.2) is 28.8 Å². The normalized spacial score (nSPS) is 14.9. The Bertz CT molecular complexity index is 571. The Morgan fingerprint density at radius 1 is 1.45 bits per heavy atom. The third-order valence-electron chi connectivity index (χ3n) is 3.32. The average Bonchev–Trinajstić information content (AvgIpc) is 2.75. The molecule has 1 N–H and O–H groups in total. The number of hydrogen-bond acceptors (Lipinski definition) is 5. The van der Waals surface area contributed by atoms with E-state index in [0.717, 1.165) is 18.7 Å². The molecule has 0 atom stereocenters. The molecule has 0 unspecified atom stereocenters. The first kappa shape index (κ1) is 15.3. The zero-order chi connectivity index (χ0) is 13.2. The lowest BCUT2D eigenvalue weighted by Gasteiger charge is -2.34. The maximum Gasteiger partial charge on any atom is 0.241 e. The molecule has 1 fully saturated rings. The molecule has 2 heterocycles. The van der Waals surface area contributed by atoms with Crippen molar-refractivity contribution in [1.29, 1.82) is 0 Å². The van der Waals surface area contributed by atoms with Gasteiger partial charge in [-0.2, -0.15) is 4.98 Å². The molecule has 1 aliphatic heterocycles. The molecule has 5 nitrogen and oxygen atoms in total. The lowest BCUT2D eigenvalue weighted by atomic mass is 10.1. The Hall–Kier alpha value is -1.14. The fourth-order valence-corrected chi connectivity index (χ4v) is 2.18. The lowest BCUT2D eigenvalue weighted by Crippen LogP contribution is -2.55. The van der Waals surface area contributed by atoms with Gasteiger partial charge in [-0.25, -0.2) is 0 Å². The van der Waals surface area contributed by atoms with E-state index >= 15 is 0 Å². The zero-order valence-corrected chi connectivity index (χ0v) is 12.6. The summed E-state index contributed by atoms with van der Waals surface area (Å²) in [5.74, 6) is 1.21. The molecule has 0 spiro atoms. The van der Waals surface area contributed by atoms with Crippen LogP contribution in [0.25, 0.3) is 11.4 Å². The standard InChI is InChI=1S/C13H15ClN4O.ClH/c1-18(11-6-15-7-11)8-12-16-13(17-19-12)9-3-2-4-10(14)5-9;/h2-5,11,15H,6-8H2,1H3;1H. The van der Waals surface area contributed by atoms with E-state index in [1.165, 1.54) is 0 Å². The molecule has 108 valence electrons. The molecular formula is C13H16Cl2N4O. The minimum atomic E-state index is 0. The first-order chi connectivity index (χ1) is 9.22. The zero-order valence-electron chi connectivity index (χ0n) is 11.0. The van der Waals surface area contributed by atoms with Gasteiger partial charge in [0.2, 0.25) is 11.7 Å². The van der Waals surface area contributed by atoms with Crippen molar-refractivity contribution in [3.8, 4) is 11.4 Å². The van der Waals surface area contributed by atoms with Crippen LogP contribution < -0.4 is 5.32 Å². The Morgan fingerprint density at radius 3 is 2.90 bits per heavy atom. The molecule has 0 saturated carbocycles. The van der Waals surface area contributed by atoms with Crippen molar-refractivity contribution >= 4 is 24.0 Å². The maximum atomic E-state index is 5.95. The topological polar surface area (TPSA) is 54.2 Å². The number of hydrogen-bond donors (Lipinski definition) is 1. The summed E-state index contributed by atoms with van der Waals surface area (Å²) in [5.41, 5.74) is 0.871. The van der Waals surface area contributed by atoms with Crippen molar-refractivity contribution in [2.45, 2.75) is 12.6 Å². The van der Waals surface area contributed by atoms with Crippen molar-refractivity contribution in [3.63, 3.8) is 0 Å². The van der Waals surface area contributed by atoms with Crippen LogP contribution >= 0.6 is 24.0 Å². The second-order valence-corrected chi connectivity index (χ2v) is 5.19. The van der Waals surface area contributed by atoms with E-state index in [4.69, 9.17) is 16.1 Å². The van der Waals surface area contributed by atoms with E-state index in [1.54, 1.807) is 0 Å². The molecule has 1 saturated heterocycles. The van der Waals surface area contributed by atoms with Gasteiger partial charge < -0.3 is 9.84 Å². The fraction of sp³-hybridized carbons (Fsp3) is 0.385. The van der Waals surface area contributed by atoms with Crippen LogP contribution in [0.4, 0.5) is 0 Å². The van der Waals surface area contributed by atoms with Gasteiger partial charge in [0.05, 0.1) is 6.54 Å². The highest BCUT2D eigenvalue weighted by molar-refractivity contribution is 6.30. The summed E-state index contributed by atoms with van der Waals surface area (Å²) < 4.78 is 5.28. The Kier molecular flexibility index (Phi) is 4.99. The summed E-state index contributed by atoms with van der Waals surface area (Å²) in [5, 5.41) is 7.91. The fourth-order valence-electron chi connectivity index (χ4n) is 1.99. The van der Waals surface area contributed by atoms with E-state index in [1.807, 2.05) is 24.3 Å². The van der Waals surface area contributed by atoms with Gasteiger partial charge in [0.15, 0.2) is 0 Å². The molecule has 20 heavy (non-hydrogen) atoms. The third kappa shape index (κ3) is 3.30. The summed E-state index contributed by atoms with van der Waals surface area (Å²) in [6.07, 6.45) is 0. The number of nitrogens with one attached hydrogen (secondary N) is 1. The van der Waals surface area contributed by atoms with Crippen LogP contribution in [0.2, 0.25) is 5.02 Å². The molecule has 0 bridgehead atoms. The van der Waals surface area contributed by atoms with E-state index in [2.05, 4.69) is 27.4 Å². The number of rotatable bonds is 4. The molecular weight excluding hydrogens is 299 g/mol. The monoisotopic (exact) mass is 314 g/mol. The van der Waals surface area contributed by atoms with Crippen LogP contribution in [0.3, 0.4) is 0 Å². The first-order valence-corrected chi connectivity index (χ1v) is 6.59. The third-order valence-corrected chi connectivity index (χ3v) is 3.55. The van der Waals surface area contributed by atoms with Crippen molar-refractivity contribution < 1.29 is 4.52 Å². The molecule has 3 rings (SSSR count). The molecule has 0 radical (unpaired) electrons. The quantitative estimate of drug-likeness (QED) is 0.937. The number of halogens is 2. The SMILES string of the molecule is CN(Cc1nc(-c2cccc(Cl)c2)no1)C1CNC1.Cl. The van der Waals surface area contributed by atoms with E-state index < -0.39 is 0 Å². The summed E-state index contributed by atoms with van der Waals surface area (Å²) in [7, 11) is 2.06. The molecule has 0 amide bonds. The molecule has 7 heteroatoms. The largest absolute Gasteiger partial charge is 0.338 e. The van der Waals surface area contributed by atoms with Gasteiger partial charge >= 0.3 is 0 Å². The number of benzene rings is 1. The number of aromatic nitrogens is 2.